The normalized spacial score (nSPS) is 25.3. The van der Waals surface area contributed by atoms with E-state index < -0.39 is 11.3 Å². The average Bonchev–Trinajstić information content (AvgIpc) is 2.97. The summed E-state index contributed by atoms with van der Waals surface area (Å²) < 4.78 is 0. The lowest BCUT2D eigenvalue weighted by Crippen LogP contribution is -2.49. The fraction of sp³-hybridized carbons (Fsp3) is 0.600. The van der Waals surface area contributed by atoms with Gasteiger partial charge in [-0.2, -0.15) is 0 Å². The Morgan fingerprint density at radius 1 is 1.35 bits per heavy atom. The third kappa shape index (κ3) is 3.62. The summed E-state index contributed by atoms with van der Waals surface area (Å²) in [6, 6.07) is 8.00. The highest BCUT2D eigenvalue weighted by Gasteiger charge is 2.47. The molecule has 2 aliphatic rings. The number of hydrogen-bond acceptors (Lipinski definition) is 4. The van der Waals surface area contributed by atoms with E-state index in [0.29, 0.717) is 6.54 Å². The highest BCUT2D eigenvalue weighted by atomic mass is 16.5. The molecule has 2 unspecified atom stereocenters. The summed E-state index contributed by atoms with van der Waals surface area (Å²) in [5.41, 5.74) is 3.40. The summed E-state index contributed by atoms with van der Waals surface area (Å²) in [7, 11) is 0. The Kier molecular flexibility index (Phi) is 5.63. The van der Waals surface area contributed by atoms with Crippen molar-refractivity contribution in [3.8, 4) is 0 Å². The highest BCUT2D eigenvalue weighted by molar-refractivity contribution is 5.90. The van der Waals surface area contributed by atoms with Gasteiger partial charge in [-0.3, -0.25) is 14.8 Å². The Morgan fingerprint density at radius 2 is 2.00 bits per heavy atom. The fourth-order valence-corrected chi connectivity index (χ4v) is 4.37. The van der Waals surface area contributed by atoms with Crippen LogP contribution in [0.1, 0.15) is 43.7 Å². The molecule has 2 amide bonds. The number of rotatable bonds is 5. The number of hydrogen-bond donors (Lipinski definition) is 3. The van der Waals surface area contributed by atoms with E-state index in [4.69, 9.17) is 5.21 Å². The first-order valence-electron chi connectivity index (χ1n) is 9.47. The van der Waals surface area contributed by atoms with Gasteiger partial charge in [-0.25, -0.2) is 5.48 Å². The van der Waals surface area contributed by atoms with Gasteiger partial charge in [0.2, 0.25) is 11.8 Å². The molecule has 2 aliphatic heterocycles. The van der Waals surface area contributed by atoms with Crippen molar-refractivity contribution in [2.24, 2.45) is 5.92 Å². The van der Waals surface area contributed by atoms with Crippen LogP contribution in [0.15, 0.2) is 24.3 Å². The minimum absolute atomic E-state index is 0.0932. The minimum Gasteiger partial charge on any atom is -0.338 e. The Balaban J connectivity index is 1.84. The van der Waals surface area contributed by atoms with Crippen LogP contribution in [0.3, 0.4) is 0 Å². The number of likely N-dealkylation sites (tertiary alicyclic amines) is 1. The number of hydroxylamine groups is 1. The lowest BCUT2D eigenvalue weighted by molar-refractivity contribution is -0.138. The van der Waals surface area contributed by atoms with E-state index in [9.17, 15) is 9.59 Å². The molecule has 0 aliphatic carbocycles. The number of aryl methyl sites for hydroxylation is 1. The van der Waals surface area contributed by atoms with Crippen molar-refractivity contribution in [1.29, 1.82) is 0 Å². The molecule has 3 N–H and O–H groups in total. The van der Waals surface area contributed by atoms with Gasteiger partial charge in [0.1, 0.15) is 0 Å². The summed E-state index contributed by atoms with van der Waals surface area (Å²) in [4.78, 5) is 27.2. The van der Waals surface area contributed by atoms with E-state index in [2.05, 4.69) is 5.32 Å². The van der Waals surface area contributed by atoms with Gasteiger partial charge in [0, 0.05) is 19.0 Å². The van der Waals surface area contributed by atoms with Crippen LogP contribution in [0, 0.1) is 12.8 Å². The van der Waals surface area contributed by atoms with Gasteiger partial charge in [-0.05, 0) is 57.7 Å². The number of carbonyl (C=O) groups excluding carboxylic acids is 2. The summed E-state index contributed by atoms with van der Waals surface area (Å²) in [5.74, 6) is -0.0567. The zero-order valence-corrected chi connectivity index (χ0v) is 15.6. The molecule has 0 aromatic heterocycles. The molecule has 0 spiro atoms. The quantitative estimate of drug-likeness (QED) is 0.553. The smallest absolute Gasteiger partial charge is 0.245 e. The minimum atomic E-state index is -0.547. The predicted molar refractivity (Wildman–Crippen MR) is 98.8 cm³/mol. The maximum atomic E-state index is 13.4. The largest absolute Gasteiger partial charge is 0.338 e. The van der Waals surface area contributed by atoms with E-state index in [1.807, 2.05) is 43.0 Å². The van der Waals surface area contributed by atoms with Crippen LogP contribution in [0.2, 0.25) is 0 Å². The Labute approximate surface area is 154 Å². The van der Waals surface area contributed by atoms with Crippen molar-refractivity contribution in [2.45, 2.75) is 51.0 Å². The van der Waals surface area contributed by atoms with Crippen LogP contribution in [-0.4, -0.2) is 47.6 Å². The van der Waals surface area contributed by atoms with Crippen molar-refractivity contribution < 1.29 is 14.8 Å². The Morgan fingerprint density at radius 3 is 2.62 bits per heavy atom. The van der Waals surface area contributed by atoms with Crippen molar-refractivity contribution in [2.75, 3.05) is 19.6 Å². The molecule has 0 bridgehead atoms. The number of carbonyl (C=O) groups is 2. The van der Waals surface area contributed by atoms with Gasteiger partial charge in [-0.1, -0.05) is 29.8 Å². The first-order valence-corrected chi connectivity index (χ1v) is 9.47. The van der Waals surface area contributed by atoms with Crippen LogP contribution in [-0.2, 0) is 15.0 Å². The molecule has 2 saturated heterocycles. The van der Waals surface area contributed by atoms with Gasteiger partial charge < -0.3 is 10.2 Å². The van der Waals surface area contributed by atoms with Gasteiger partial charge in [0.05, 0.1) is 5.41 Å². The summed E-state index contributed by atoms with van der Waals surface area (Å²) in [6.45, 7) is 6.50. The second-order valence-corrected chi connectivity index (χ2v) is 7.84. The molecule has 2 fully saturated rings. The van der Waals surface area contributed by atoms with E-state index in [1.165, 1.54) is 5.56 Å². The second-order valence-electron chi connectivity index (χ2n) is 7.84. The maximum Gasteiger partial charge on any atom is 0.245 e. The van der Waals surface area contributed by atoms with Gasteiger partial charge >= 0.3 is 0 Å². The molecular weight excluding hydrogens is 330 g/mol. The first-order chi connectivity index (χ1) is 12.5. The zero-order chi connectivity index (χ0) is 18.7. The lowest BCUT2D eigenvalue weighted by Gasteiger charge is -2.37. The molecule has 3 rings (SSSR count). The van der Waals surface area contributed by atoms with Crippen LogP contribution < -0.4 is 10.8 Å². The third-order valence-corrected chi connectivity index (χ3v) is 6.12. The Bertz CT molecular complexity index is 655. The molecule has 0 saturated carbocycles. The fourth-order valence-electron chi connectivity index (χ4n) is 4.37. The molecule has 26 heavy (non-hydrogen) atoms. The van der Waals surface area contributed by atoms with E-state index in [1.54, 1.807) is 5.48 Å². The Hall–Kier alpha value is -1.92. The molecule has 142 valence electrons. The SMILES string of the molecule is Cc1ccc(C2(C)CCN(C(CC(=O)NO)C3CCNCC3)C2=O)cc1. The molecule has 2 atom stereocenters. The maximum absolute atomic E-state index is 13.4. The molecule has 6 heteroatoms. The van der Waals surface area contributed by atoms with E-state index in [0.717, 1.165) is 37.9 Å². The van der Waals surface area contributed by atoms with Crippen molar-refractivity contribution in [3.05, 3.63) is 35.4 Å². The molecule has 1 aromatic rings. The number of amides is 2. The number of piperidine rings is 1. The van der Waals surface area contributed by atoms with Crippen LogP contribution in [0.4, 0.5) is 0 Å². The summed E-state index contributed by atoms with van der Waals surface area (Å²) >= 11 is 0. The van der Waals surface area contributed by atoms with Crippen LogP contribution in [0.5, 0.6) is 0 Å². The highest BCUT2D eigenvalue weighted by Crippen LogP contribution is 2.39. The zero-order valence-electron chi connectivity index (χ0n) is 15.6. The van der Waals surface area contributed by atoms with Crippen LogP contribution >= 0.6 is 0 Å². The standard InChI is InChI=1S/C20H29N3O3/c1-14-3-5-16(6-4-14)20(2)9-12-23(19(20)25)17(13-18(24)22-26)15-7-10-21-11-8-15/h3-6,15,17,21,26H,7-13H2,1-2H3,(H,22,24). The molecule has 2 heterocycles. The summed E-state index contributed by atoms with van der Waals surface area (Å²) in [5, 5.41) is 12.3. The van der Waals surface area contributed by atoms with E-state index >= 15 is 0 Å². The van der Waals surface area contributed by atoms with Gasteiger partial charge in [-0.15, -0.1) is 0 Å². The summed E-state index contributed by atoms with van der Waals surface area (Å²) in [6.07, 6.45) is 2.77. The van der Waals surface area contributed by atoms with Crippen molar-refractivity contribution in [3.63, 3.8) is 0 Å². The molecule has 1 aromatic carbocycles. The molecule has 0 radical (unpaired) electrons. The van der Waals surface area contributed by atoms with Gasteiger partial charge in [0.25, 0.3) is 0 Å². The number of nitrogens with one attached hydrogen (secondary N) is 2. The van der Waals surface area contributed by atoms with Crippen LogP contribution in [0.25, 0.3) is 0 Å². The third-order valence-electron chi connectivity index (χ3n) is 6.12. The van der Waals surface area contributed by atoms with Crippen molar-refractivity contribution >= 4 is 11.8 Å². The average molecular weight is 359 g/mol. The topological polar surface area (TPSA) is 81.7 Å². The molecular formula is C20H29N3O3. The first kappa shape index (κ1) is 18.9. The molecule has 6 nitrogen and oxygen atoms in total. The predicted octanol–water partition coefficient (Wildman–Crippen LogP) is 1.75. The van der Waals surface area contributed by atoms with E-state index in [-0.39, 0.29) is 24.3 Å². The monoisotopic (exact) mass is 359 g/mol. The lowest BCUT2D eigenvalue weighted by atomic mass is 9.80. The number of benzene rings is 1. The second kappa shape index (κ2) is 7.76. The number of nitrogens with zero attached hydrogens (tertiary/aromatic N) is 1. The van der Waals surface area contributed by atoms with Gasteiger partial charge in [0.15, 0.2) is 0 Å². The van der Waals surface area contributed by atoms with Crippen molar-refractivity contribution in [1.82, 2.24) is 15.7 Å².